The third-order valence-corrected chi connectivity index (χ3v) is 3.58. The Morgan fingerprint density at radius 3 is 2.72 bits per heavy atom. The van der Waals surface area contributed by atoms with Crippen molar-refractivity contribution in [3.05, 3.63) is 18.3 Å². The smallest absolute Gasteiger partial charge is 0.420 e. The number of nitrogens with zero attached hydrogens (tertiary/aromatic N) is 1. The lowest BCUT2D eigenvalue weighted by atomic mass is 10.3. The SMILES string of the molecule is CCOC(=O)NS(=O)(=O)CNc1ncccc1OCCCC(F)(F)F. The van der Waals surface area contributed by atoms with Crippen LogP contribution < -0.4 is 14.8 Å². The molecule has 1 rings (SSSR count). The van der Waals surface area contributed by atoms with Crippen LogP contribution >= 0.6 is 0 Å². The number of halogens is 3. The molecule has 1 amide bonds. The summed E-state index contributed by atoms with van der Waals surface area (Å²) in [4.78, 5) is 15.0. The summed E-state index contributed by atoms with van der Waals surface area (Å²) in [6.07, 6.45) is -5.29. The van der Waals surface area contributed by atoms with Crippen LogP contribution in [0, 0.1) is 0 Å². The first-order valence-electron chi connectivity index (χ1n) is 7.18. The van der Waals surface area contributed by atoms with E-state index in [1.165, 1.54) is 25.3 Å². The summed E-state index contributed by atoms with van der Waals surface area (Å²) in [6, 6.07) is 2.91. The van der Waals surface area contributed by atoms with Crippen LogP contribution in [-0.4, -0.2) is 44.8 Å². The number of anilines is 1. The van der Waals surface area contributed by atoms with E-state index in [4.69, 9.17) is 4.74 Å². The average Bonchev–Trinajstić information content (AvgIpc) is 2.49. The zero-order valence-corrected chi connectivity index (χ0v) is 14.1. The first-order valence-corrected chi connectivity index (χ1v) is 8.84. The van der Waals surface area contributed by atoms with Crippen molar-refractivity contribution in [3.8, 4) is 5.75 Å². The molecule has 142 valence electrons. The lowest BCUT2D eigenvalue weighted by Crippen LogP contribution is -2.35. The molecule has 0 saturated heterocycles. The molecule has 0 bridgehead atoms. The summed E-state index contributed by atoms with van der Waals surface area (Å²) in [5.41, 5.74) is 0. The zero-order chi connectivity index (χ0) is 18.9. The summed E-state index contributed by atoms with van der Waals surface area (Å²) in [6.45, 7) is 1.30. The second kappa shape index (κ2) is 9.30. The molecule has 1 aromatic heterocycles. The number of hydrogen-bond donors (Lipinski definition) is 2. The Morgan fingerprint density at radius 2 is 2.08 bits per heavy atom. The highest BCUT2D eigenvalue weighted by atomic mass is 32.2. The van der Waals surface area contributed by atoms with Gasteiger partial charge in [0.15, 0.2) is 11.6 Å². The monoisotopic (exact) mass is 385 g/mol. The quantitative estimate of drug-likeness (QED) is 0.628. The van der Waals surface area contributed by atoms with Gasteiger partial charge in [-0.05, 0) is 25.5 Å². The molecule has 8 nitrogen and oxygen atoms in total. The van der Waals surface area contributed by atoms with E-state index in [-0.39, 0.29) is 31.2 Å². The van der Waals surface area contributed by atoms with Crippen LogP contribution in [0.4, 0.5) is 23.8 Å². The molecule has 0 spiro atoms. The number of alkyl halides is 3. The minimum Gasteiger partial charge on any atom is -0.490 e. The second-order valence-electron chi connectivity index (χ2n) is 4.68. The van der Waals surface area contributed by atoms with Crippen molar-refractivity contribution in [2.45, 2.75) is 25.9 Å². The van der Waals surface area contributed by atoms with Gasteiger partial charge in [-0.3, -0.25) is 0 Å². The van der Waals surface area contributed by atoms with Gasteiger partial charge in [-0.1, -0.05) is 0 Å². The van der Waals surface area contributed by atoms with E-state index in [9.17, 15) is 26.4 Å². The van der Waals surface area contributed by atoms with E-state index in [0.717, 1.165) is 0 Å². The standard InChI is InChI=1S/C13H18F3N3O5S/c1-2-23-12(20)19-25(21,22)9-18-11-10(5-3-7-17-11)24-8-4-6-13(14,15)16/h3,5,7H,2,4,6,8-9H2,1H3,(H,17,18)(H,19,20). The summed E-state index contributed by atoms with van der Waals surface area (Å²) >= 11 is 0. The Hall–Kier alpha value is -2.24. The van der Waals surface area contributed by atoms with E-state index in [1.807, 2.05) is 0 Å². The Morgan fingerprint density at radius 1 is 1.36 bits per heavy atom. The molecule has 0 radical (unpaired) electrons. The van der Waals surface area contributed by atoms with Gasteiger partial charge >= 0.3 is 12.3 Å². The molecule has 0 aliphatic rings. The number of aromatic nitrogens is 1. The van der Waals surface area contributed by atoms with E-state index >= 15 is 0 Å². The molecule has 0 aliphatic carbocycles. The molecular formula is C13H18F3N3O5S. The molecule has 1 aromatic rings. The van der Waals surface area contributed by atoms with E-state index in [1.54, 1.807) is 4.72 Å². The lowest BCUT2D eigenvalue weighted by Gasteiger charge is -2.13. The predicted octanol–water partition coefficient (Wildman–Crippen LogP) is 2.25. The van der Waals surface area contributed by atoms with Gasteiger partial charge in [-0.25, -0.2) is 22.9 Å². The molecule has 12 heteroatoms. The summed E-state index contributed by atoms with van der Waals surface area (Å²) < 4.78 is 71.0. The summed E-state index contributed by atoms with van der Waals surface area (Å²) in [5, 5.41) is 2.44. The Kier molecular flexibility index (Phi) is 7.74. The highest BCUT2D eigenvalue weighted by Crippen LogP contribution is 2.24. The van der Waals surface area contributed by atoms with Gasteiger partial charge in [0.05, 0.1) is 13.2 Å². The third-order valence-electron chi connectivity index (χ3n) is 2.58. The third kappa shape index (κ3) is 8.98. The maximum atomic E-state index is 12.1. The summed E-state index contributed by atoms with van der Waals surface area (Å²) in [5.74, 6) is -0.596. The number of hydrogen-bond acceptors (Lipinski definition) is 7. The molecule has 0 atom stereocenters. The largest absolute Gasteiger partial charge is 0.490 e. The van der Waals surface area contributed by atoms with Crippen molar-refractivity contribution in [2.24, 2.45) is 0 Å². The van der Waals surface area contributed by atoms with Crippen LogP contribution in [-0.2, 0) is 14.8 Å². The predicted molar refractivity (Wildman–Crippen MR) is 82.6 cm³/mol. The Balaban J connectivity index is 2.57. The van der Waals surface area contributed by atoms with Crippen molar-refractivity contribution in [3.63, 3.8) is 0 Å². The fourth-order valence-electron chi connectivity index (χ4n) is 1.58. The minimum atomic E-state index is -4.27. The lowest BCUT2D eigenvalue weighted by molar-refractivity contribution is -0.136. The highest BCUT2D eigenvalue weighted by molar-refractivity contribution is 7.90. The van der Waals surface area contributed by atoms with Crippen molar-refractivity contribution in [1.29, 1.82) is 0 Å². The Labute approximate surface area is 142 Å². The zero-order valence-electron chi connectivity index (χ0n) is 13.3. The molecular weight excluding hydrogens is 367 g/mol. The van der Waals surface area contributed by atoms with E-state index < -0.39 is 34.6 Å². The average molecular weight is 385 g/mol. The molecule has 0 aromatic carbocycles. The topological polar surface area (TPSA) is 107 Å². The summed E-state index contributed by atoms with van der Waals surface area (Å²) in [7, 11) is -4.04. The normalized spacial score (nSPS) is 11.7. The number of amides is 1. The molecule has 0 saturated carbocycles. The van der Waals surface area contributed by atoms with Crippen LogP contribution in [0.2, 0.25) is 0 Å². The van der Waals surface area contributed by atoms with Crippen molar-refractivity contribution >= 4 is 21.9 Å². The second-order valence-corrected chi connectivity index (χ2v) is 6.40. The number of carbonyl (C=O) groups is 1. The number of nitrogens with one attached hydrogen (secondary N) is 2. The van der Waals surface area contributed by atoms with E-state index in [2.05, 4.69) is 15.0 Å². The molecule has 25 heavy (non-hydrogen) atoms. The number of carbonyl (C=O) groups excluding carboxylic acids is 1. The fourth-order valence-corrected chi connectivity index (χ4v) is 2.29. The van der Waals surface area contributed by atoms with Gasteiger partial charge in [-0.2, -0.15) is 13.2 Å². The van der Waals surface area contributed by atoms with Gasteiger partial charge in [0.2, 0.25) is 0 Å². The van der Waals surface area contributed by atoms with Crippen LogP contribution in [0.25, 0.3) is 0 Å². The minimum absolute atomic E-state index is 0.00490. The van der Waals surface area contributed by atoms with Gasteiger partial charge in [-0.15, -0.1) is 0 Å². The van der Waals surface area contributed by atoms with Gasteiger partial charge < -0.3 is 14.8 Å². The van der Waals surface area contributed by atoms with Crippen LogP contribution in [0.3, 0.4) is 0 Å². The number of ether oxygens (including phenoxy) is 2. The van der Waals surface area contributed by atoms with Gasteiger partial charge in [0.25, 0.3) is 10.0 Å². The van der Waals surface area contributed by atoms with Crippen LogP contribution in [0.1, 0.15) is 19.8 Å². The molecule has 0 aliphatic heterocycles. The highest BCUT2D eigenvalue weighted by Gasteiger charge is 2.26. The maximum absolute atomic E-state index is 12.1. The Bertz CT molecular complexity index is 667. The van der Waals surface area contributed by atoms with Gasteiger partial charge in [0, 0.05) is 12.6 Å². The van der Waals surface area contributed by atoms with Crippen molar-refractivity contribution < 1.29 is 35.9 Å². The maximum Gasteiger partial charge on any atom is 0.420 e. The molecule has 0 unspecified atom stereocenters. The fraction of sp³-hybridized carbons (Fsp3) is 0.538. The first-order chi connectivity index (χ1) is 11.6. The molecule has 1 heterocycles. The van der Waals surface area contributed by atoms with E-state index in [0.29, 0.717) is 0 Å². The number of sulfonamides is 1. The number of rotatable bonds is 9. The van der Waals surface area contributed by atoms with Crippen LogP contribution in [0.5, 0.6) is 5.75 Å². The molecule has 2 N–H and O–H groups in total. The van der Waals surface area contributed by atoms with Crippen LogP contribution in [0.15, 0.2) is 18.3 Å². The molecule has 0 fully saturated rings. The van der Waals surface area contributed by atoms with Crippen molar-refractivity contribution in [2.75, 3.05) is 24.4 Å². The first kappa shape index (κ1) is 20.8. The van der Waals surface area contributed by atoms with Crippen molar-refractivity contribution in [1.82, 2.24) is 9.71 Å². The number of pyridine rings is 1. The van der Waals surface area contributed by atoms with Gasteiger partial charge in [0.1, 0.15) is 5.88 Å².